The molecule has 1 fully saturated rings. The summed E-state index contributed by atoms with van der Waals surface area (Å²) in [5, 5.41) is 29.4. The van der Waals surface area contributed by atoms with E-state index >= 15 is 0 Å². The third-order valence-corrected chi connectivity index (χ3v) is 6.37. The first-order valence-electron chi connectivity index (χ1n) is 10.7. The zero-order valence-electron chi connectivity index (χ0n) is 18.7. The highest BCUT2D eigenvalue weighted by Crippen LogP contribution is 2.38. The molecule has 2 N–H and O–H groups in total. The Bertz CT molecular complexity index is 1180. The van der Waals surface area contributed by atoms with Gasteiger partial charge in [-0.05, 0) is 48.7 Å². The maximum Gasteiger partial charge on any atom is 0.534 e. The van der Waals surface area contributed by atoms with Crippen LogP contribution < -0.4 is 8.92 Å². The van der Waals surface area contributed by atoms with Crippen LogP contribution in [0.5, 0.6) is 11.5 Å². The molecule has 0 aromatic heterocycles. The average Bonchev–Trinajstić information content (AvgIpc) is 2.79. The molecule has 0 saturated carbocycles. The quantitative estimate of drug-likeness (QED) is 0.405. The number of hydrogen-bond donors (Lipinski definition) is 2. The van der Waals surface area contributed by atoms with Crippen molar-refractivity contribution in [3.05, 3.63) is 58.7 Å². The Morgan fingerprint density at radius 2 is 1.89 bits per heavy atom. The van der Waals surface area contributed by atoms with Gasteiger partial charge in [0.05, 0.1) is 43.2 Å². The van der Waals surface area contributed by atoms with Crippen LogP contribution in [-0.4, -0.2) is 49.6 Å². The molecule has 35 heavy (non-hydrogen) atoms. The van der Waals surface area contributed by atoms with Crippen LogP contribution >= 0.6 is 0 Å². The lowest BCUT2D eigenvalue weighted by Crippen LogP contribution is -2.33. The second-order valence-electron chi connectivity index (χ2n) is 7.95. The molecule has 3 unspecified atom stereocenters. The summed E-state index contributed by atoms with van der Waals surface area (Å²) in [7, 11) is -5.78. The molecule has 0 spiro atoms. The van der Waals surface area contributed by atoms with E-state index in [2.05, 4.69) is 10.3 Å². The summed E-state index contributed by atoms with van der Waals surface area (Å²) < 4.78 is 75.6. The van der Waals surface area contributed by atoms with E-state index in [-0.39, 0.29) is 19.4 Å². The van der Waals surface area contributed by atoms with Gasteiger partial charge in [-0.2, -0.15) is 26.9 Å². The third-order valence-electron chi connectivity index (χ3n) is 5.39. The smallest absolute Gasteiger partial charge is 0.493 e. The van der Waals surface area contributed by atoms with Crippen molar-refractivity contribution >= 4 is 10.1 Å². The first kappa shape index (κ1) is 26.7. The highest BCUT2D eigenvalue weighted by Gasteiger charge is 2.48. The van der Waals surface area contributed by atoms with E-state index in [4.69, 9.17) is 9.47 Å². The van der Waals surface area contributed by atoms with Crippen LogP contribution in [-0.2, 0) is 21.3 Å². The van der Waals surface area contributed by atoms with E-state index in [9.17, 15) is 37.1 Å². The Balaban J connectivity index is 1.90. The molecule has 1 heterocycles. The topological polar surface area (TPSA) is 126 Å². The van der Waals surface area contributed by atoms with E-state index < -0.39 is 39.7 Å². The number of aliphatic hydroxyl groups is 2. The number of benzene rings is 2. The average molecular weight is 516 g/mol. The minimum atomic E-state index is -5.78. The highest BCUT2D eigenvalue weighted by atomic mass is 32.2. The maximum atomic E-state index is 12.5. The van der Waals surface area contributed by atoms with Crippen LogP contribution in [0.1, 0.15) is 48.1 Å². The third kappa shape index (κ3) is 6.43. The van der Waals surface area contributed by atoms with Crippen LogP contribution in [0.4, 0.5) is 13.2 Å². The van der Waals surface area contributed by atoms with Crippen molar-refractivity contribution in [3.8, 4) is 17.6 Å². The van der Waals surface area contributed by atoms with Gasteiger partial charge < -0.3 is 23.9 Å². The molecular formula is C23H24F3NO7S. The first-order valence-corrected chi connectivity index (χ1v) is 12.1. The predicted octanol–water partition coefficient (Wildman–Crippen LogP) is 3.35. The van der Waals surface area contributed by atoms with Crippen molar-refractivity contribution in [2.45, 2.75) is 50.0 Å². The lowest BCUT2D eigenvalue weighted by atomic mass is 9.91. The molecule has 1 aliphatic heterocycles. The molecule has 1 aliphatic rings. The lowest BCUT2D eigenvalue weighted by Gasteiger charge is -2.33. The molecule has 2 aromatic rings. The summed E-state index contributed by atoms with van der Waals surface area (Å²) in [4.78, 5) is 0. The van der Waals surface area contributed by atoms with Crippen LogP contribution in [0, 0.1) is 11.3 Å². The van der Waals surface area contributed by atoms with Gasteiger partial charge in [0.25, 0.3) is 0 Å². The molecule has 12 heteroatoms. The van der Waals surface area contributed by atoms with Crippen molar-refractivity contribution in [1.29, 1.82) is 5.26 Å². The number of hydrogen-bond acceptors (Lipinski definition) is 8. The van der Waals surface area contributed by atoms with E-state index in [1.54, 1.807) is 19.1 Å². The SMILES string of the molecule is CCOc1cc(C#N)c(Cc2ccc(OS(=O)(=O)C(F)(F)F)cc2)cc1C1CC(O)CC(CO)O1. The van der Waals surface area contributed by atoms with Gasteiger partial charge in [0.15, 0.2) is 0 Å². The van der Waals surface area contributed by atoms with Gasteiger partial charge in [-0.1, -0.05) is 12.1 Å². The van der Waals surface area contributed by atoms with Crippen LogP contribution in [0.2, 0.25) is 0 Å². The fourth-order valence-corrected chi connectivity index (χ4v) is 4.25. The van der Waals surface area contributed by atoms with Gasteiger partial charge in [-0.3, -0.25) is 0 Å². The number of nitrogens with zero attached hydrogens (tertiary/aromatic N) is 1. The van der Waals surface area contributed by atoms with Gasteiger partial charge in [0.2, 0.25) is 0 Å². The number of nitriles is 1. The number of aliphatic hydroxyl groups excluding tert-OH is 2. The van der Waals surface area contributed by atoms with Crippen molar-refractivity contribution in [2.75, 3.05) is 13.2 Å². The summed E-state index contributed by atoms with van der Waals surface area (Å²) in [6, 6.07) is 10.3. The van der Waals surface area contributed by atoms with E-state index in [1.165, 1.54) is 12.1 Å². The molecule has 2 aromatic carbocycles. The van der Waals surface area contributed by atoms with Crippen molar-refractivity contribution in [3.63, 3.8) is 0 Å². The number of alkyl halides is 3. The first-order chi connectivity index (χ1) is 16.5. The number of halogens is 3. The summed E-state index contributed by atoms with van der Waals surface area (Å²) in [6.45, 7) is 1.83. The van der Waals surface area contributed by atoms with Crippen molar-refractivity contribution in [1.82, 2.24) is 0 Å². The summed E-state index contributed by atoms with van der Waals surface area (Å²) in [5.74, 6) is -0.0942. The molecule has 1 saturated heterocycles. The summed E-state index contributed by atoms with van der Waals surface area (Å²) >= 11 is 0. The summed E-state index contributed by atoms with van der Waals surface area (Å²) in [6.07, 6.45) is -1.10. The van der Waals surface area contributed by atoms with Gasteiger partial charge >= 0.3 is 15.6 Å². The van der Waals surface area contributed by atoms with Gasteiger partial charge in [-0.15, -0.1) is 0 Å². The largest absolute Gasteiger partial charge is 0.534 e. The fraction of sp³-hybridized carbons (Fsp3) is 0.435. The van der Waals surface area contributed by atoms with Crippen molar-refractivity contribution < 1.29 is 45.5 Å². The molecule has 190 valence electrons. The van der Waals surface area contributed by atoms with Gasteiger partial charge in [0, 0.05) is 18.4 Å². The number of ether oxygens (including phenoxy) is 2. The van der Waals surface area contributed by atoms with Crippen LogP contribution in [0.3, 0.4) is 0 Å². The molecular weight excluding hydrogens is 491 g/mol. The molecule has 0 amide bonds. The van der Waals surface area contributed by atoms with Crippen molar-refractivity contribution in [2.24, 2.45) is 0 Å². The maximum absolute atomic E-state index is 12.5. The standard InChI is InChI=1S/C23H24F3NO7S/c1-2-32-21-9-16(12-27)15(8-20(21)22-11-17(29)10-19(13-28)33-22)7-14-3-5-18(6-4-14)34-35(30,31)23(24,25)26/h3-6,8-9,17,19,22,28-29H,2,7,10-11,13H2,1H3. The predicted molar refractivity (Wildman–Crippen MR) is 117 cm³/mol. The van der Waals surface area contributed by atoms with E-state index in [0.29, 0.717) is 41.0 Å². The Hall–Kier alpha value is -2.85. The highest BCUT2D eigenvalue weighted by molar-refractivity contribution is 7.88. The Morgan fingerprint density at radius 1 is 1.20 bits per heavy atom. The lowest BCUT2D eigenvalue weighted by molar-refractivity contribution is -0.114. The zero-order chi connectivity index (χ0) is 25.8. The fourth-order valence-electron chi connectivity index (χ4n) is 3.79. The second-order valence-corrected chi connectivity index (χ2v) is 9.49. The van der Waals surface area contributed by atoms with Gasteiger partial charge in [0.1, 0.15) is 11.5 Å². The molecule has 0 radical (unpaired) electrons. The molecule has 3 rings (SSSR count). The molecule has 0 aliphatic carbocycles. The summed E-state index contributed by atoms with van der Waals surface area (Å²) in [5.41, 5.74) is -3.52. The Morgan fingerprint density at radius 3 is 2.46 bits per heavy atom. The minimum absolute atomic E-state index is 0.188. The molecule has 8 nitrogen and oxygen atoms in total. The zero-order valence-corrected chi connectivity index (χ0v) is 19.5. The molecule has 0 bridgehead atoms. The van der Waals surface area contributed by atoms with Crippen LogP contribution in [0.25, 0.3) is 0 Å². The molecule has 3 atom stereocenters. The Labute approximate surface area is 200 Å². The van der Waals surface area contributed by atoms with E-state index in [1.807, 2.05) is 0 Å². The minimum Gasteiger partial charge on any atom is -0.493 e. The normalized spacial score (nSPS) is 20.8. The monoisotopic (exact) mass is 515 g/mol. The van der Waals surface area contributed by atoms with Gasteiger partial charge in [-0.25, -0.2) is 0 Å². The van der Waals surface area contributed by atoms with E-state index in [0.717, 1.165) is 12.1 Å². The second kappa shape index (κ2) is 10.8. The van der Waals surface area contributed by atoms with Crippen LogP contribution in [0.15, 0.2) is 36.4 Å². The Kier molecular flexibility index (Phi) is 8.27. The number of rotatable bonds is 8.